The van der Waals surface area contributed by atoms with E-state index in [2.05, 4.69) is 27.0 Å². The quantitative estimate of drug-likeness (QED) is 0.702. The van der Waals surface area contributed by atoms with Gasteiger partial charge in [0.2, 0.25) is 5.91 Å². The monoisotopic (exact) mass is 458 g/mol. The van der Waals surface area contributed by atoms with Gasteiger partial charge in [0, 0.05) is 31.0 Å². The van der Waals surface area contributed by atoms with E-state index in [1.54, 1.807) is 12.4 Å². The molecule has 1 atom stereocenters. The highest BCUT2D eigenvalue weighted by Crippen LogP contribution is 2.28. The number of likely N-dealkylation sites (tertiary alicyclic amines) is 2. The molecule has 32 heavy (non-hydrogen) atoms. The lowest BCUT2D eigenvalue weighted by molar-refractivity contribution is -0.127. The van der Waals surface area contributed by atoms with E-state index < -0.39 is 5.54 Å². The summed E-state index contributed by atoms with van der Waals surface area (Å²) in [6.07, 6.45) is 12.9. The Morgan fingerprint density at radius 2 is 1.66 bits per heavy atom. The molecule has 3 aliphatic rings. The third-order valence-corrected chi connectivity index (χ3v) is 6.96. The minimum absolute atomic E-state index is 0. The number of pyridine rings is 1. The maximum atomic E-state index is 13.0. The summed E-state index contributed by atoms with van der Waals surface area (Å²) in [4.78, 5) is 34.1. The van der Waals surface area contributed by atoms with Crippen LogP contribution >= 0.6 is 12.4 Å². The summed E-state index contributed by atoms with van der Waals surface area (Å²) in [6.45, 7) is 5.63. The first kappa shape index (κ1) is 24.5. The van der Waals surface area contributed by atoms with Crippen molar-refractivity contribution in [2.75, 3.05) is 26.2 Å². The van der Waals surface area contributed by atoms with E-state index in [-0.39, 0.29) is 30.3 Å². The molecule has 0 radical (unpaired) electrons. The van der Waals surface area contributed by atoms with Crippen LogP contribution in [0.4, 0.5) is 0 Å². The van der Waals surface area contributed by atoms with Gasteiger partial charge in [-0.1, -0.05) is 31.1 Å². The van der Waals surface area contributed by atoms with Crippen molar-refractivity contribution < 1.29 is 9.59 Å². The second-order valence-electron chi connectivity index (χ2n) is 9.26. The maximum Gasteiger partial charge on any atom is 0.255 e. The first-order valence-corrected chi connectivity index (χ1v) is 11.9. The minimum atomic E-state index is -0.488. The third-order valence-electron chi connectivity index (χ3n) is 6.96. The molecule has 1 unspecified atom stereocenters. The molecule has 7 heteroatoms. The molecule has 1 N–H and O–H groups in total. The van der Waals surface area contributed by atoms with Gasteiger partial charge in [-0.3, -0.25) is 19.5 Å². The first-order chi connectivity index (χ1) is 15.1. The molecule has 174 valence electrons. The molecule has 1 aliphatic carbocycles. The van der Waals surface area contributed by atoms with Gasteiger partial charge in [-0.05, 0) is 64.6 Å². The molecule has 2 saturated heterocycles. The van der Waals surface area contributed by atoms with E-state index in [1.807, 2.05) is 17.9 Å². The average Bonchev–Trinajstić information content (AvgIpc) is 3.52. The van der Waals surface area contributed by atoms with E-state index in [4.69, 9.17) is 0 Å². The summed E-state index contributed by atoms with van der Waals surface area (Å²) in [5.41, 5.74) is 0.841. The predicted molar refractivity (Wildman–Crippen MR) is 128 cm³/mol. The molecule has 4 rings (SSSR count). The summed E-state index contributed by atoms with van der Waals surface area (Å²) < 4.78 is 0. The van der Waals surface area contributed by atoms with Crippen molar-refractivity contribution in [3.05, 3.63) is 29.6 Å². The molecule has 1 aromatic rings. The standard InChI is InChI=1S/C25H34N4O2.ClH/c1-20(28-13-5-6-14-28)23(30)27-25(10-3-2-4-11-25)12-9-21-17-22(19-26-18-21)24(31)29-15-7-8-16-29;/h17-20H,2-8,10-11,13-16H2,1H3,(H,27,30);1H. The highest BCUT2D eigenvalue weighted by molar-refractivity contribution is 5.94. The normalized spacial score (nSPS) is 21.2. The Kier molecular flexibility index (Phi) is 8.56. The van der Waals surface area contributed by atoms with Gasteiger partial charge in [-0.2, -0.15) is 0 Å². The van der Waals surface area contributed by atoms with Crippen LogP contribution in [0, 0.1) is 11.8 Å². The molecule has 1 aromatic heterocycles. The van der Waals surface area contributed by atoms with Crippen LogP contribution in [0.3, 0.4) is 0 Å². The molecular weight excluding hydrogens is 424 g/mol. The summed E-state index contributed by atoms with van der Waals surface area (Å²) in [5.74, 6) is 6.76. The number of carbonyl (C=O) groups excluding carboxylic acids is 2. The van der Waals surface area contributed by atoms with E-state index in [0.29, 0.717) is 5.56 Å². The molecule has 1 saturated carbocycles. The van der Waals surface area contributed by atoms with Gasteiger partial charge in [-0.25, -0.2) is 0 Å². The maximum absolute atomic E-state index is 13.0. The van der Waals surface area contributed by atoms with Crippen molar-refractivity contribution in [3.63, 3.8) is 0 Å². The molecule has 0 spiro atoms. The smallest absolute Gasteiger partial charge is 0.255 e. The van der Waals surface area contributed by atoms with Crippen LogP contribution in [0.5, 0.6) is 0 Å². The first-order valence-electron chi connectivity index (χ1n) is 11.9. The zero-order chi connectivity index (χ0) is 21.7. The minimum Gasteiger partial charge on any atom is -0.339 e. The van der Waals surface area contributed by atoms with Crippen LogP contribution in [0.1, 0.15) is 80.6 Å². The largest absolute Gasteiger partial charge is 0.339 e. The number of nitrogens with zero attached hydrogens (tertiary/aromatic N) is 3. The Balaban J connectivity index is 0.00000289. The van der Waals surface area contributed by atoms with Gasteiger partial charge in [0.1, 0.15) is 5.54 Å². The zero-order valence-electron chi connectivity index (χ0n) is 19.1. The van der Waals surface area contributed by atoms with Crippen LogP contribution in [0.2, 0.25) is 0 Å². The lowest BCUT2D eigenvalue weighted by Gasteiger charge is -2.35. The van der Waals surface area contributed by atoms with Crippen molar-refractivity contribution in [3.8, 4) is 11.8 Å². The molecule has 3 heterocycles. The number of carbonyl (C=O) groups is 2. The Labute approximate surface area is 197 Å². The van der Waals surface area contributed by atoms with Gasteiger partial charge in [-0.15, -0.1) is 12.4 Å². The van der Waals surface area contributed by atoms with Gasteiger partial charge in [0.15, 0.2) is 0 Å². The lowest BCUT2D eigenvalue weighted by atomic mass is 9.81. The Bertz CT molecular complexity index is 860. The van der Waals surface area contributed by atoms with E-state index >= 15 is 0 Å². The van der Waals surface area contributed by atoms with Crippen LogP contribution < -0.4 is 5.32 Å². The Hall–Kier alpha value is -2.10. The number of amides is 2. The van der Waals surface area contributed by atoms with Crippen LogP contribution in [-0.2, 0) is 4.79 Å². The van der Waals surface area contributed by atoms with Crippen molar-refractivity contribution in [1.82, 2.24) is 20.1 Å². The number of nitrogens with one attached hydrogen (secondary N) is 1. The fraction of sp³-hybridized carbons (Fsp3) is 0.640. The second kappa shape index (κ2) is 11.2. The molecule has 2 amide bonds. The van der Waals surface area contributed by atoms with Gasteiger partial charge < -0.3 is 10.2 Å². The van der Waals surface area contributed by atoms with E-state index in [0.717, 1.165) is 70.3 Å². The fourth-order valence-electron chi connectivity index (χ4n) is 4.99. The van der Waals surface area contributed by atoms with Gasteiger partial charge in [0.25, 0.3) is 5.91 Å². The van der Waals surface area contributed by atoms with E-state index in [1.165, 1.54) is 19.3 Å². The zero-order valence-corrected chi connectivity index (χ0v) is 19.9. The number of halogens is 1. The summed E-state index contributed by atoms with van der Waals surface area (Å²) >= 11 is 0. The average molecular weight is 459 g/mol. The molecular formula is C25H35ClN4O2. The number of hydrogen-bond donors (Lipinski definition) is 1. The van der Waals surface area contributed by atoms with Crippen molar-refractivity contribution in [1.29, 1.82) is 0 Å². The second-order valence-corrected chi connectivity index (χ2v) is 9.26. The SMILES string of the molecule is CC(C(=O)NC1(C#Cc2cncc(C(=O)N3CCCC3)c2)CCCCC1)N1CCCC1.Cl. The van der Waals surface area contributed by atoms with Crippen molar-refractivity contribution >= 4 is 24.2 Å². The predicted octanol–water partition coefficient (Wildman–Crippen LogP) is 3.39. The van der Waals surface area contributed by atoms with Crippen LogP contribution in [0.25, 0.3) is 0 Å². The highest BCUT2D eigenvalue weighted by Gasteiger charge is 2.34. The van der Waals surface area contributed by atoms with Crippen LogP contribution in [0.15, 0.2) is 18.5 Å². The van der Waals surface area contributed by atoms with Crippen molar-refractivity contribution in [2.24, 2.45) is 0 Å². The molecule has 0 bridgehead atoms. The Morgan fingerprint density at radius 1 is 1.00 bits per heavy atom. The van der Waals surface area contributed by atoms with Gasteiger partial charge in [0.05, 0.1) is 11.6 Å². The third kappa shape index (κ3) is 5.82. The fourth-order valence-corrected chi connectivity index (χ4v) is 4.99. The summed E-state index contributed by atoms with van der Waals surface area (Å²) in [6, 6.07) is 1.72. The number of hydrogen-bond acceptors (Lipinski definition) is 4. The van der Waals surface area contributed by atoms with Gasteiger partial charge >= 0.3 is 0 Å². The Morgan fingerprint density at radius 3 is 2.34 bits per heavy atom. The van der Waals surface area contributed by atoms with Crippen LogP contribution in [-0.4, -0.2) is 64.4 Å². The summed E-state index contributed by atoms with van der Waals surface area (Å²) in [7, 11) is 0. The molecule has 3 fully saturated rings. The van der Waals surface area contributed by atoms with E-state index in [9.17, 15) is 9.59 Å². The lowest BCUT2D eigenvalue weighted by Crippen LogP contribution is -2.54. The van der Waals surface area contributed by atoms with Crippen molar-refractivity contribution in [2.45, 2.75) is 76.3 Å². The molecule has 6 nitrogen and oxygen atoms in total. The number of aromatic nitrogens is 1. The molecule has 2 aliphatic heterocycles. The molecule has 0 aromatic carbocycles. The number of rotatable bonds is 4. The topological polar surface area (TPSA) is 65.5 Å². The highest BCUT2D eigenvalue weighted by atomic mass is 35.5. The summed E-state index contributed by atoms with van der Waals surface area (Å²) in [5, 5.41) is 3.31.